The molecular formula is C62H99N15O10P3S+. The number of nitrogens with zero attached hydrogens (tertiary/aromatic N) is 12. The summed E-state index contributed by atoms with van der Waals surface area (Å²) in [5.41, 5.74) is 6.72. The van der Waals surface area contributed by atoms with E-state index in [2.05, 4.69) is 179 Å². The van der Waals surface area contributed by atoms with Crippen LogP contribution >= 0.6 is 32.4 Å². The Morgan fingerprint density at radius 3 is 1.57 bits per heavy atom. The lowest BCUT2D eigenvalue weighted by Gasteiger charge is -2.18. The molecule has 91 heavy (non-hydrogen) atoms. The van der Waals surface area contributed by atoms with Gasteiger partial charge in [0.1, 0.15) is 43.0 Å². The summed E-state index contributed by atoms with van der Waals surface area (Å²) in [5.74, 6) is 2.42. The highest BCUT2D eigenvalue weighted by molar-refractivity contribution is 7.98. The number of rotatable bonds is 25. The van der Waals surface area contributed by atoms with Gasteiger partial charge in [-0.05, 0) is 129 Å². The zero-order valence-electron chi connectivity index (χ0n) is 55.4. The Bertz CT molecular complexity index is 3620. The summed E-state index contributed by atoms with van der Waals surface area (Å²) < 4.78 is 28.3. The lowest BCUT2D eigenvalue weighted by Crippen LogP contribution is -2.33. The van der Waals surface area contributed by atoms with Gasteiger partial charge in [0.05, 0.1) is 32.0 Å². The molecule has 9 rings (SSSR count). The summed E-state index contributed by atoms with van der Waals surface area (Å²) in [5, 5.41) is 74.0. The van der Waals surface area contributed by atoms with Crippen LogP contribution in [-0.4, -0.2) is 262 Å². The quantitative estimate of drug-likeness (QED) is 0.00896. The first-order valence-electron chi connectivity index (χ1n) is 30.9. The van der Waals surface area contributed by atoms with Crippen LogP contribution in [0.3, 0.4) is 0 Å². The third-order valence-corrected chi connectivity index (χ3v) is 21.0. The Hall–Kier alpha value is -5.33. The Morgan fingerprint density at radius 2 is 1.09 bits per heavy atom. The molecule has 4 aliphatic rings. The molecule has 5 aromatic heterocycles. The SMILES string of the molecule is C=P(C)(C)CC[C@H]1OC(=[N+]2C=Nc3c(NC/C=C(/C)CC)nc(OC)nc32)[C@H](O)[C@@H]1O.C=P(C)(C)CC[C@H]1O[C@@H](n2cnc3c(NC/C=C(/C)CC)nc(SC)nc32)[C@H](O)[C@@H]1O.C=P(C)(C)CC[C@H]1O[C@@H](n2cnc3c(NC/C=C(/C)CC)ncnc32)[C@H](O)[C@@H]1O. The molecular weight excluding hydrogens is 1240 g/mol. The first-order chi connectivity index (χ1) is 43.0. The van der Waals surface area contributed by atoms with Gasteiger partial charge in [0, 0.05) is 19.6 Å². The molecule has 0 aliphatic carbocycles. The van der Waals surface area contributed by atoms with Crippen molar-refractivity contribution < 1.29 is 54.2 Å². The third kappa shape index (κ3) is 19.2. The van der Waals surface area contributed by atoms with Gasteiger partial charge in [-0.2, -0.15) is 9.56 Å². The normalized spacial score (nSPS) is 25.3. The number of aliphatic hydroxyl groups excluding tert-OH is 6. The molecule has 0 radical (unpaired) electrons. The van der Waals surface area contributed by atoms with Crippen LogP contribution in [0.1, 0.15) is 92.5 Å². The van der Waals surface area contributed by atoms with Crippen molar-refractivity contribution in [1.82, 2.24) is 49.0 Å². The predicted molar refractivity (Wildman–Crippen MR) is 377 cm³/mol. The van der Waals surface area contributed by atoms with Crippen LogP contribution < -0.4 is 20.7 Å². The van der Waals surface area contributed by atoms with E-state index < -0.39 is 88.0 Å². The minimum absolute atomic E-state index is 0.168. The summed E-state index contributed by atoms with van der Waals surface area (Å²) in [7, 11) is 1.49. The van der Waals surface area contributed by atoms with Crippen LogP contribution in [0.4, 0.5) is 29.0 Å². The molecule has 502 valence electrons. The molecule has 0 saturated carbocycles. The number of aliphatic imine (C=N–C) groups is 1. The Balaban J connectivity index is 0.000000194. The summed E-state index contributed by atoms with van der Waals surface area (Å²) >= 11 is 1.43. The van der Waals surface area contributed by atoms with Crippen LogP contribution in [0, 0.1) is 0 Å². The first kappa shape index (κ1) is 73.1. The van der Waals surface area contributed by atoms with Gasteiger partial charge in [0.15, 0.2) is 63.5 Å². The topological polar surface area (TPSA) is 323 Å². The molecule has 0 unspecified atom stereocenters. The molecule has 5 aromatic rings. The van der Waals surface area contributed by atoms with E-state index in [1.54, 1.807) is 26.4 Å². The Kier molecular flexibility index (Phi) is 25.9. The number of fused-ring (bicyclic) bond motifs is 3. The van der Waals surface area contributed by atoms with E-state index in [9.17, 15) is 30.6 Å². The monoisotopic (exact) mass is 1340 g/mol. The number of thioether (sulfide) groups is 1. The van der Waals surface area contributed by atoms with Crippen LogP contribution in [0.2, 0.25) is 0 Å². The third-order valence-electron chi connectivity index (χ3n) is 16.1. The van der Waals surface area contributed by atoms with Crippen molar-refractivity contribution in [3.63, 3.8) is 0 Å². The number of ether oxygens (including phenoxy) is 4. The second-order valence-electron chi connectivity index (χ2n) is 25.5. The maximum atomic E-state index is 10.7. The van der Waals surface area contributed by atoms with Crippen molar-refractivity contribution >= 4 is 115 Å². The molecule has 9 N–H and O–H groups in total. The highest BCUT2D eigenvalue weighted by atomic mass is 32.2. The average Bonchev–Trinajstić information content (AvgIpc) is 1.66. The van der Waals surface area contributed by atoms with E-state index in [0.29, 0.717) is 95.3 Å². The van der Waals surface area contributed by atoms with Gasteiger partial charge >= 0.3 is 11.8 Å². The number of aromatic nitrogens is 10. The molecule has 29 heteroatoms. The molecule has 3 fully saturated rings. The number of methoxy groups -OCH3 is 1. The fourth-order valence-corrected chi connectivity index (χ4v) is 13.2. The van der Waals surface area contributed by atoms with Crippen molar-refractivity contribution in [1.29, 1.82) is 0 Å². The van der Waals surface area contributed by atoms with E-state index in [4.69, 9.17) is 18.9 Å². The zero-order valence-corrected chi connectivity index (χ0v) is 58.9. The molecule has 0 bridgehead atoms. The summed E-state index contributed by atoms with van der Waals surface area (Å²) in [6.07, 6.45) is 25.5. The number of aliphatic hydroxyl groups is 6. The molecule has 11 atom stereocenters. The fourth-order valence-electron chi connectivity index (χ4n) is 10.0. The standard InChI is InChI=1S/C21H33N5O4P.C21H34N5O3PS.C20H32N5O3P/c1-7-13(2)8-10-22-18-15-19(25-21(24-18)29-3)26(12-23-15)20-17(28)16(27)14(30-20)9-11-31(4,5)6;1-7-13(2)8-10-22-18-15-19(25-21(24-18)31-6)26(12-23-15)20-17(28)16(27)14(29-20)9-11-30(3,4)5;1-6-13(2)7-9-21-18-15-19(23-11-22-18)25(12-24-15)20-17(27)16(26)14(28-20)8-10-29(3,4)5/h8,12,14,16-17,27-28H,4,7,9-11H2,1-3,5-6H3,(H,22,24,25);8,12,14,16-17,20,27-28H,3,7,9-11H2,1-2,4-6H3,(H,22,24,25);7,11-12,14,16-17,20,26-27H,3,6,8-10H2,1-2,4-5H3,(H,21,22,23)/q+1;;/b13-8-,26-20?;13-8-;13-7-/t14-,16-,17-;2*14-,16-,17-,20-/m111/s1. The average molecular weight is 1340 g/mol. The number of hydrogen-bond acceptors (Lipinski definition) is 23. The molecule has 25 nitrogen and oxygen atoms in total. The predicted octanol–water partition coefficient (Wildman–Crippen LogP) is 7.54. The zero-order chi connectivity index (χ0) is 66.7. The molecule has 3 saturated heterocycles. The minimum atomic E-state index is -1.27. The number of hydrogen-bond donors (Lipinski definition) is 9. The molecule has 0 spiro atoms. The van der Waals surface area contributed by atoms with E-state index in [0.717, 1.165) is 37.7 Å². The largest absolute Gasteiger partial charge is 0.463 e. The van der Waals surface area contributed by atoms with Crippen molar-refractivity contribution in [2.45, 2.75) is 153 Å². The van der Waals surface area contributed by atoms with Crippen LogP contribution in [0.5, 0.6) is 6.01 Å². The Morgan fingerprint density at radius 1 is 0.615 bits per heavy atom. The maximum absolute atomic E-state index is 10.7. The smallest absolute Gasteiger partial charge is 0.397 e. The van der Waals surface area contributed by atoms with Crippen molar-refractivity contribution in [3.05, 3.63) is 53.9 Å². The second kappa shape index (κ2) is 32.2. The van der Waals surface area contributed by atoms with Gasteiger partial charge < -0.3 is 65.5 Å². The molecule has 0 amide bonds. The van der Waals surface area contributed by atoms with E-state index in [1.165, 1.54) is 48.3 Å². The number of allylic oxidation sites excluding steroid dienone is 3. The van der Waals surface area contributed by atoms with E-state index in [-0.39, 0.29) is 11.9 Å². The van der Waals surface area contributed by atoms with Gasteiger partial charge in [-0.3, -0.25) is 9.13 Å². The van der Waals surface area contributed by atoms with E-state index in [1.807, 2.05) is 6.26 Å². The number of imidazole rings is 2. The number of nitrogens with one attached hydrogen (secondary N) is 3. The van der Waals surface area contributed by atoms with Crippen molar-refractivity contribution in [3.8, 4) is 6.01 Å². The van der Waals surface area contributed by atoms with Gasteiger partial charge in [-0.1, -0.05) is 72.5 Å². The summed E-state index contributed by atoms with van der Waals surface area (Å²) in [6.45, 7) is 23.6. The van der Waals surface area contributed by atoms with Gasteiger partial charge in [0.25, 0.3) is 11.6 Å². The lowest BCUT2D eigenvalue weighted by molar-refractivity contribution is -0.313. The lowest BCUT2D eigenvalue weighted by atomic mass is 10.1. The Labute approximate surface area is 540 Å². The summed E-state index contributed by atoms with van der Waals surface area (Å²) in [4.78, 5) is 39.9. The molecule has 0 aromatic carbocycles. The minimum Gasteiger partial charge on any atom is -0.463 e. The van der Waals surface area contributed by atoms with E-state index >= 15 is 0 Å². The second-order valence-corrected chi connectivity index (χ2v) is 39.2. The van der Waals surface area contributed by atoms with Crippen molar-refractivity contribution in [2.75, 3.05) is 107 Å². The fraction of sp³-hybridized carbons (Fsp3) is 0.597. The molecule has 9 heterocycles. The first-order valence-corrected chi connectivity index (χ1v) is 41.3. The molecule has 4 aliphatic heterocycles. The van der Waals surface area contributed by atoms with Crippen molar-refractivity contribution in [2.24, 2.45) is 4.99 Å². The van der Waals surface area contributed by atoms with Crippen LogP contribution in [0.25, 0.3) is 22.3 Å². The van der Waals surface area contributed by atoms with Gasteiger partial charge in [0.2, 0.25) is 6.34 Å². The number of anilines is 3. The maximum Gasteiger partial charge on any atom is 0.397 e. The highest BCUT2D eigenvalue weighted by Crippen LogP contribution is 2.44. The highest BCUT2D eigenvalue weighted by Gasteiger charge is 2.47. The van der Waals surface area contributed by atoms with Gasteiger partial charge in [-0.15, -0.1) is 39.6 Å². The summed E-state index contributed by atoms with van der Waals surface area (Å²) in [6, 6.07) is 0.168. The van der Waals surface area contributed by atoms with Crippen LogP contribution in [-0.2, 0) is 14.2 Å². The van der Waals surface area contributed by atoms with Gasteiger partial charge in [-0.25, -0.2) is 29.9 Å². The van der Waals surface area contributed by atoms with Crippen LogP contribution in [0.15, 0.2) is 64.1 Å².